The summed E-state index contributed by atoms with van der Waals surface area (Å²) >= 11 is 0. The van der Waals surface area contributed by atoms with Gasteiger partial charge in [-0.25, -0.2) is 0 Å². The summed E-state index contributed by atoms with van der Waals surface area (Å²) in [4.78, 5) is 28.7. The predicted octanol–water partition coefficient (Wildman–Crippen LogP) is 3.48. The highest BCUT2D eigenvalue weighted by atomic mass is 16.2. The van der Waals surface area contributed by atoms with E-state index in [2.05, 4.69) is 15.6 Å². The summed E-state index contributed by atoms with van der Waals surface area (Å²) in [5, 5.41) is 5.76. The number of nitrogens with one attached hydrogen (secondary N) is 2. The number of hydrogen-bond acceptors (Lipinski definition) is 3. The number of aryl methyl sites for hydroxylation is 2. The molecule has 0 aliphatic heterocycles. The smallest absolute Gasteiger partial charge is 0.257 e. The van der Waals surface area contributed by atoms with Gasteiger partial charge >= 0.3 is 0 Å². The van der Waals surface area contributed by atoms with Crippen LogP contribution < -0.4 is 10.6 Å². The molecule has 2 amide bonds. The fraction of sp³-hybridized carbons (Fsp3) is 0.316. The average molecular weight is 325 g/mol. The van der Waals surface area contributed by atoms with Gasteiger partial charge in [0.2, 0.25) is 0 Å². The Morgan fingerprint density at radius 2 is 1.50 bits per heavy atom. The first-order valence-corrected chi connectivity index (χ1v) is 7.82. The maximum absolute atomic E-state index is 12.5. The third-order valence-corrected chi connectivity index (χ3v) is 3.47. The summed E-state index contributed by atoms with van der Waals surface area (Å²) in [6.07, 6.45) is 2.91. The van der Waals surface area contributed by atoms with E-state index < -0.39 is 0 Å². The average Bonchev–Trinajstić information content (AvgIpc) is 2.49. The minimum Gasteiger partial charge on any atom is -0.347 e. The van der Waals surface area contributed by atoms with Crippen LogP contribution in [0.3, 0.4) is 0 Å². The number of pyridine rings is 1. The number of para-hydroxylation sites is 1. The van der Waals surface area contributed by atoms with Crippen LogP contribution in [0, 0.1) is 13.8 Å². The molecule has 0 fully saturated rings. The van der Waals surface area contributed by atoms with Gasteiger partial charge < -0.3 is 10.6 Å². The zero-order chi connectivity index (χ0) is 17.9. The van der Waals surface area contributed by atoms with Gasteiger partial charge in [0.05, 0.1) is 11.1 Å². The predicted molar refractivity (Wildman–Crippen MR) is 95.3 cm³/mol. The molecule has 0 saturated heterocycles. The molecular weight excluding hydrogens is 302 g/mol. The molecule has 0 atom stereocenters. The quantitative estimate of drug-likeness (QED) is 0.907. The van der Waals surface area contributed by atoms with Gasteiger partial charge in [-0.15, -0.1) is 0 Å². The number of carbonyl (C=O) groups is 2. The molecule has 0 aliphatic rings. The van der Waals surface area contributed by atoms with E-state index in [9.17, 15) is 9.59 Å². The summed E-state index contributed by atoms with van der Waals surface area (Å²) in [5.74, 6) is -0.540. The van der Waals surface area contributed by atoms with Crippen LogP contribution in [0.4, 0.5) is 5.69 Å². The van der Waals surface area contributed by atoms with Gasteiger partial charge in [-0.1, -0.05) is 18.2 Å². The van der Waals surface area contributed by atoms with E-state index in [0.717, 1.165) is 16.8 Å². The van der Waals surface area contributed by atoms with Crippen molar-refractivity contribution < 1.29 is 9.59 Å². The van der Waals surface area contributed by atoms with Crippen molar-refractivity contribution in [1.29, 1.82) is 0 Å². The molecule has 2 N–H and O–H groups in total. The molecule has 0 saturated carbocycles. The van der Waals surface area contributed by atoms with E-state index in [1.807, 2.05) is 52.8 Å². The highest BCUT2D eigenvalue weighted by Crippen LogP contribution is 2.20. The molecule has 5 nitrogen and oxygen atoms in total. The molecule has 1 heterocycles. The van der Waals surface area contributed by atoms with E-state index in [1.165, 1.54) is 12.4 Å². The third-order valence-electron chi connectivity index (χ3n) is 3.47. The molecule has 126 valence electrons. The molecule has 2 rings (SSSR count). The summed E-state index contributed by atoms with van der Waals surface area (Å²) in [5.41, 5.74) is 3.11. The lowest BCUT2D eigenvalue weighted by molar-refractivity contribution is 0.0919. The van der Waals surface area contributed by atoms with Crippen molar-refractivity contribution in [2.24, 2.45) is 0 Å². The first-order chi connectivity index (χ1) is 11.2. The Morgan fingerprint density at radius 1 is 0.958 bits per heavy atom. The second-order valence-corrected chi connectivity index (χ2v) is 6.89. The van der Waals surface area contributed by atoms with Crippen molar-refractivity contribution in [1.82, 2.24) is 10.3 Å². The van der Waals surface area contributed by atoms with Gasteiger partial charge in [0.1, 0.15) is 0 Å². The first-order valence-electron chi connectivity index (χ1n) is 7.82. The minimum atomic E-state index is -0.354. The molecule has 5 heteroatoms. The van der Waals surface area contributed by atoms with E-state index in [0.29, 0.717) is 11.1 Å². The van der Waals surface area contributed by atoms with E-state index in [-0.39, 0.29) is 17.4 Å². The Hall–Kier alpha value is -2.69. The van der Waals surface area contributed by atoms with Crippen LogP contribution in [-0.2, 0) is 0 Å². The maximum atomic E-state index is 12.5. The zero-order valence-electron chi connectivity index (χ0n) is 14.7. The molecule has 2 aromatic rings. The van der Waals surface area contributed by atoms with Gasteiger partial charge in [0.25, 0.3) is 11.8 Å². The maximum Gasteiger partial charge on any atom is 0.257 e. The standard InChI is InChI=1S/C19H23N3O2/c1-12-7-6-8-13(2)16(12)21-17(23)14-9-15(11-20-10-14)18(24)22-19(3,4)5/h6-11H,1-5H3,(H,21,23)(H,22,24). The highest BCUT2D eigenvalue weighted by molar-refractivity contribution is 6.06. The minimum absolute atomic E-state index is 0.253. The molecule has 1 aromatic heterocycles. The van der Waals surface area contributed by atoms with Crippen LogP contribution in [0.25, 0.3) is 0 Å². The van der Waals surface area contributed by atoms with Gasteiger partial charge in [-0.05, 0) is 51.8 Å². The fourth-order valence-electron chi connectivity index (χ4n) is 2.30. The topological polar surface area (TPSA) is 71.1 Å². The zero-order valence-corrected chi connectivity index (χ0v) is 14.7. The number of hydrogen-bond donors (Lipinski definition) is 2. The largest absolute Gasteiger partial charge is 0.347 e. The first kappa shape index (κ1) is 17.7. The van der Waals surface area contributed by atoms with Crippen molar-refractivity contribution in [3.05, 3.63) is 58.9 Å². The second-order valence-electron chi connectivity index (χ2n) is 6.89. The Bertz CT molecular complexity index is 756. The SMILES string of the molecule is Cc1cccc(C)c1NC(=O)c1cncc(C(=O)NC(C)(C)C)c1. The number of benzene rings is 1. The van der Waals surface area contributed by atoms with Crippen molar-refractivity contribution in [2.75, 3.05) is 5.32 Å². The number of aromatic nitrogens is 1. The molecule has 24 heavy (non-hydrogen) atoms. The Morgan fingerprint density at radius 3 is 2.04 bits per heavy atom. The summed E-state index contributed by atoms with van der Waals surface area (Å²) in [6.45, 7) is 9.57. The molecular formula is C19H23N3O2. The highest BCUT2D eigenvalue weighted by Gasteiger charge is 2.17. The van der Waals surface area contributed by atoms with Crippen molar-refractivity contribution in [2.45, 2.75) is 40.2 Å². The lowest BCUT2D eigenvalue weighted by Crippen LogP contribution is -2.40. The van der Waals surface area contributed by atoms with Crippen LogP contribution in [0.1, 0.15) is 52.6 Å². The van der Waals surface area contributed by atoms with E-state index in [4.69, 9.17) is 0 Å². The van der Waals surface area contributed by atoms with Gasteiger partial charge in [0, 0.05) is 23.6 Å². The molecule has 0 spiro atoms. The number of anilines is 1. The van der Waals surface area contributed by atoms with E-state index >= 15 is 0 Å². The van der Waals surface area contributed by atoms with Crippen molar-refractivity contribution >= 4 is 17.5 Å². The molecule has 0 unspecified atom stereocenters. The lowest BCUT2D eigenvalue weighted by atomic mass is 10.1. The van der Waals surface area contributed by atoms with Crippen LogP contribution in [0.15, 0.2) is 36.7 Å². The number of rotatable bonds is 3. The van der Waals surface area contributed by atoms with E-state index in [1.54, 1.807) is 6.07 Å². The Balaban J connectivity index is 2.22. The fourth-order valence-corrected chi connectivity index (χ4v) is 2.30. The van der Waals surface area contributed by atoms with Crippen LogP contribution in [-0.4, -0.2) is 22.3 Å². The summed E-state index contributed by atoms with van der Waals surface area (Å²) in [6, 6.07) is 7.37. The normalized spacial score (nSPS) is 11.0. The molecule has 0 radical (unpaired) electrons. The van der Waals surface area contributed by atoms with Crippen molar-refractivity contribution in [3.63, 3.8) is 0 Å². The number of carbonyl (C=O) groups excluding carboxylic acids is 2. The van der Waals surface area contributed by atoms with Gasteiger partial charge in [-0.3, -0.25) is 14.6 Å². The molecule has 1 aromatic carbocycles. The number of amides is 2. The number of nitrogens with zero attached hydrogens (tertiary/aromatic N) is 1. The molecule has 0 aliphatic carbocycles. The summed E-state index contributed by atoms with van der Waals surface area (Å²) in [7, 11) is 0. The Labute approximate surface area is 142 Å². The lowest BCUT2D eigenvalue weighted by Gasteiger charge is -2.20. The monoisotopic (exact) mass is 325 g/mol. The van der Waals surface area contributed by atoms with Gasteiger partial charge in [-0.2, -0.15) is 0 Å². The molecule has 0 bridgehead atoms. The van der Waals surface area contributed by atoms with Crippen LogP contribution >= 0.6 is 0 Å². The Kier molecular flexibility index (Phi) is 5.02. The van der Waals surface area contributed by atoms with Crippen LogP contribution in [0.5, 0.6) is 0 Å². The van der Waals surface area contributed by atoms with Crippen molar-refractivity contribution in [3.8, 4) is 0 Å². The third kappa shape index (κ3) is 4.41. The summed E-state index contributed by atoms with van der Waals surface area (Å²) < 4.78 is 0. The van der Waals surface area contributed by atoms with Gasteiger partial charge in [0.15, 0.2) is 0 Å². The second kappa shape index (κ2) is 6.83. The van der Waals surface area contributed by atoms with Crippen LogP contribution in [0.2, 0.25) is 0 Å².